The van der Waals surface area contributed by atoms with Crippen LogP contribution < -0.4 is 0 Å². The molecule has 1 aromatic rings. The monoisotopic (exact) mass is 271 g/mol. The zero-order valence-corrected chi connectivity index (χ0v) is 11.7. The number of thioether (sulfide) groups is 1. The first-order valence-corrected chi connectivity index (χ1v) is 7.90. The van der Waals surface area contributed by atoms with Crippen molar-refractivity contribution in [1.82, 2.24) is 0 Å². The molecule has 0 saturated carbocycles. The van der Waals surface area contributed by atoms with E-state index < -0.39 is 0 Å². The number of fused-ring (bicyclic) bond motifs is 2. The van der Waals surface area contributed by atoms with Crippen LogP contribution in [0.1, 0.15) is 48.0 Å². The van der Waals surface area contributed by atoms with E-state index in [0.29, 0.717) is 21.6 Å². The zero-order chi connectivity index (χ0) is 13.2. The molecule has 2 nitrogen and oxygen atoms in total. The van der Waals surface area contributed by atoms with Crippen molar-refractivity contribution in [3.8, 4) is 6.07 Å². The molecular formula is C16H17NOS. The molecule has 2 aliphatic rings. The molecule has 2 saturated heterocycles. The van der Waals surface area contributed by atoms with Crippen LogP contribution in [-0.4, -0.2) is 16.3 Å². The molecule has 19 heavy (non-hydrogen) atoms. The molecular weight excluding hydrogens is 254 g/mol. The highest BCUT2D eigenvalue weighted by molar-refractivity contribution is 8.00. The van der Waals surface area contributed by atoms with Crippen LogP contribution in [0.3, 0.4) is 0 Å². The maximum Gasteiger partial charge on any atom is 0.166 e. The molecule has 2 fully saturated rings. The average Bonchev–Trinajstić information content (AvgIpc) is 2.46. The molecule has 2 aliphatic heterocycles. The van der Waals surface area contributed by atoms with Gasteiger partial charge in [0.2, 0.25) is 0 Å². The van der Waals surface area contributed by atoms with Gasteiger partial charge in [0.05, 0.1) is 11.6 Å². The van der Waals surface area contributed by atoms with Crippen LogP contribution in [-0.2, 0) is 0 Å². The lowest BCUT2D eigenvalue weighted by Gasteiger charge is -2.37. The molecule has 1 aromatic carbocycles. The molecule has 2 heterocycles. The second-order valence-electron chi connectivity index (χ2n) is 5.54. The number of hydrogen-bond acceptors (Lipinski definition) is 3. The topological polar surface area (TPSA) is 40.9 Å². The number of hydrogen-bond donors (Lipinski definition) is 0. The number of Topliss-reactive ketones (excluding diaryl/α,β-unsaturated/α-hetero) is 1. The average molecular weight is 271 g/mol. The Morgan fingerprint density at radius 2 is 2.00 bits per heavy atom. The standard InChI is InChI=1S/C16H17NOS/c17-10-11-3-1-4-12(7-11)16(18)13-8-14-5-2-6-15(9-13)19-14/h1,3-4,7,13-15H,2,5-6,8-9H2. The smallest absolute Gasteiger partial charge is 0.166 e. The lowest BCUT2D eigenvalue weighted by atomic mass is 9.84. The number of carbonyl (C=O) groups excluding carboxylic acids is 1. The van der Waals surface area contributed by atoms with Crippen LogP contribution >= 0.6 is 11.8 Å². The summed E-state index contributed by atoms with van der Waals surface area (Å²) in [6, 6.07) is 9.25. The SMILES string of the molecule is N#Cc1cccc(C(=O)C2CC3CCCC(C2)S3)c1. The third kappa shape index (κ3) is 2.69. The van der Waals surface area contributed by atoms with Gasteiger partial charge in [-0.25, -0.2) is 0 Å². The van der Waals surface area contributed by atoms with E-state index in [1.807, 2.05) is 12.1 Å². The van der Waals surface area contributed by atoms with E-state index in [4.69, 9.17) is 5.26 Å². The summed E-state index contributed by atoms with van der Waals surface area (Å²) in [6.07, 6.45) is 5.91. The van der Waals surface area contributed by atoms with Crippen molar-refractivity contribution in [2.75, 3.05) is 0 Å². The molecule has 0 amide bonds. The Morgan fingerprint density at radius 1 is 1.26 bits per heavy atom. The summed E-state index contributed by atoms with van der Waals surface area (Å²) >= 11 is 2.09. The Kier molecular flexibility index (Phi) is 3.61. The second kappa shape index (κ2) is 5.38. The van der Waals surface area contributed by atoms with Gasteiger partial charge in [-0.1, -0.05) is 18.6 Å². The van der Waals surface area contributed by atoms with E-state index in [0.717, 1.165) is 12.8 Å². The second-order valence-corrected chi connectivity index (χ2v) is 7.14. The third-order valence-corrected chi connectivity index (χ3v) is 5.81. The lowest BCUT2D eigenvalue weighted by molar-refractivity contribution is 0.0896. The van der Waals surface area contributed by atoms with Gasteiger partial charge < -0.3 is 0 Å². The van der Waals surface area contributed by atoms with Crippen molar-refractivity contribution < 1.29 is 4.79 Å². The number of carbonyl (C=O) groups is 1. The van der Waals surface area contributed by atoms with E-state index in [9.17, 15) is 4.79 Å². The first-order chi connectivity index (χ1) is 9.26. The van der Waals surface area contributed by atoms with Crippen LogP contribution in [0.4, 0.5) is 0 Å². The van der Waals surface area contributed by atoms with Crippen molar-refractivity contribution in [3.63, 3.8) is 0 Å². The largest absolute Gasteiger partial charge is 0.294 e. The fourth-order valence-corrected chi connectivity index (χ4v) is 5.09. The molecule has 3 heteroatoms. The highest BCUT2D eigenvalue weighted by atomic mass is 32.2. The van der Waals surface area contributed by atoms with Crippen molar-refractivity contribution in [1.29, 1.82) is 5.26 Å². The number of nitrogens with zero attached hydrogens (tertiary/aromatic N) is 1. The minimum absolute atomic E-state index is 0.172. The van der Waals surface area contributed by atoms with Gasteiger partial charge in [0, 0.05) is 22.0 Å². The highest BCUT2D eigenvalue weighted by Gasteiger charge is 2.35. The minimum Gasteiger partial charge on any atom is -0.294 e. The Labute approximate surface area is 118 Å². The maximum atomic E-state index is 12.6. The van der Waals surface area contributed by atoms with Crippen molar-refractivity contribution in [2.45, 2.75) is 42.6 Å². The summed E-state index contributed by atoms with van der Waals surface area (Å²) in [5.74, 6) is 0.416. The predicted molar refractivity (Wildman–Crippen MR) is 77.2 cm³/mol. The summed E-state index contributed by atoms with van der Waals surface area (Å²) in [5.41, 5.74) is 1.30. The predicted octanol–water partition coefficient (Wildman–Crippen LogP) is 3.81. The van der Waals surface area contributed by atoms with Crippen LogP contribution in [0, 0.1) is 17.2 Å². The summed E-state index contributed by atoms with van der Waals surface area (Å²) in [5, 5.41) is 10.3. The summed E-state index contributed by atoms with van der Waals surface area (Å²) in [6.45, 7) is 0. The summed E-state index contributed by atoms with van der Waals surface area (Å²) < 4.78 is 0. The van der Waals surface area contributed by atoms with E-state index >= 15 is 0 Å². The molecule has 0 aliphatic carbocycles. The molecule has 0 N–H and O–H groups in total. The van der Waals surface area contributed by atoms with Gasteiger partial charge in [0.1, 0.15) is 0 Å². The summed E-state index contributed by atoms with van der Waals surface area (Å²) in [4.78, 5) is 12.6. The number of nitriles is 1. The van der Waals surface area contributed by atoms with E-state index in [1.165, 1.54) is 19.3 Å². The third-order valence-electron chi connectivity index (χ3n) is 4.18. The Bertz CT molecular complexity index is 522. The quantitative estimate of drug-likeness (QED) is 0.768. The minimum atomic E-state index is 0.172. The van der Waals surface area contributed by atoms with Gasteiger partial charge in [-0.3, -0.25) is 4.79 Å². The van der Waals surface area contributed by atoms with E-state index in [2.05, 4.69) is 17.8 Å². The molecule has 3 rings (SSSR count). The van der Waals surface area contributed by atoms with Crippen molar-refractivity contribution >= 4 is 17.5 Å². The van der Waals surface area contributed by atoms with Crippen LogP contribution in [0.25, 0.3) is 0 Å². The van der Waals surface area contributed by atoms with Gasteiger partial charge in [-0.15, -0.1) is 0 Å². The molecule has 0 aromatic heterocycles. The molecule has 2 unspecified atom stereocenters. The highest BCUT2D eigenvalue weighted by Crippen LogP contribution is 2.44. The number of benzene rings is 1. The normalized spacial score (nSPS) is 29.5. The first-order valence-electron chi connectivity index (χ1n) is 6.96. The number of ketones is 1. The Morgan fingerprint density at radius 3 is 2.68 bits per heavy atom. The van der Waals surface area contributed by atoms with Crippen molar-refractivity contribution in [3.05, 3.63) is 35.4 Å². The van der Waals surface area contributed by atoms with Gasteiger partial charge in [0.15, 0.2) is 5.78 Å². The van der Waals surface area contributed by atoms with Gasteiger partial charge >= 0.3 is 0 Å². The molecule has 2 bridgehead atoms. The van der Waals surface area contributed by atoms with Crippen molar-refractivity contribution in [2.24, 2.45) is 5.92 Å². The first kappa shape index (κ1) is 12.7. The van der Waals surface area contributed by atoms with Gasteiger partial charge in [-0.2, -0.15) is 17.0 Å². The van der Waals surface area contributed by atoms with Crippen LogP contribution in [0.2, 0.25) is 0 Å². The van der Waals surface area contributed by atoms with Gasteiger partial charge in [-0.05, 0) is 37.8 Å². The lowest BCUT2D eigenvalue weighted by Crippen LogP contribution is -2.32. The molecule has 98 valence electrons. The molecule has 0 radical (unpaired) electrons. The van der Waals surface area contributed by atoms with E-state index in [-0.39, 0.29) is 11.7 Å². The fraction of sp³-hybridized carbons (Fsp3) is 0.500. The van der Waals surface area contributed by atoms with Crippen LogP contribution in [0.5, 0.6) is 0 Å². The molecule has 2 atom stereocenters. The zero-order valence-electron chi connectivity index (χ0n) is 10.8. The van der Waals surface area contributed by atoms with E-state index in [1.54, 1.807) is 12.1 Å². The van der Waals surface area contributed by atoms with Gasteiger partial charge in [0.25, 0.3) is 0 Å². The Balaban J connectivity index is 1.78. The number of rotatable bonds is 2. The fourth-order valence-electron chi connectivity index (χ4n) is 3.25. The molecule has 0 spiro atoms. The Hall–Kier alpha value is -1.27. The van der Waals surface area contributed by atoms with Crippen LogP contribution in [0.15, 0.2) is 24.3 Å². The summed E-state index contributed by atoms with van der Waals surface area (Å²) in [7, 11) is 0. The maximum absolute atomic E-state index is 12.6.